The largest absolute Gasteiger partial charge is 0.452 e. The first-order valence-corrected chi connectivity index (χ1v) is 9.89. The Morgan fingerprint density at radius 3 is 2.66 bits per heavy atom. The van der Waals surface area contributed by atoms with Gasteiger partial charge in [-0.05, 0) is 30.3 Å². The van der Waals surface area contributed by atoms with Crippen molar-refractivity contribution in [2.24, 2.45) is 0 Å². The zero-order valence-corrected chi connectivity index (χ0v) is 17.0. The first-order chi connectivity index (χ1) is 13.8. The molecule has 3 rings (SSSR count). The van der Waals surface area contributed by atoms with Crippen molar-refractivity contribution in [2.75, 3.05) is 19.0 Å². The number of hydrogen-bond donors (Lipinski definition) is 1. The van der Waals surface area contributed by atoms with Gasteiger partial charge in [0, 0.05) is 29.1 Å². The number of imide groups is 1. The normalized spacial score (nSPS) is 16.1. The lowest BCUT2D eigenvalue weighted by molar-refractivity contribution is -0.136. The molecule has 1 aliphatic heterocycles. The van der Waals surface area contributed by atoms with Crippen molar-refractivity contribution >= 4 is 52.7 Å². The van der Waals surface area contributed by atoms with E-state index in [0.29, 0.717) is 15.6 Å². The van der Waals surface area contributed by atoms with Gasteiger partial charge in [-0.2, -0.15) is 0 Å². The fraction of sp³-hybridized carbons (Fsp3) is 0.200. The molecule has 2 aromatic rings. The van der Waals surface area contributed by atoms with E-state index in [4.69, 9.17) is 16.3 Å². The highest BCUT2D eigenvalue weighted by molar-refractivity contribution is 8.00. The minimum absolute atomic E-state index is 0.0748. The number of nitrogens with zero attached hydrogens (tertiary/aromatic N) is 1. The lowest BCUT2D eigenvalue weighted by atomic mass is 10.2. The summed E-state index contributed by atoms with van der Waals surface area (Å²) in [6.45, 7) is -0.478. The maximum absolute atomic E-state index is 12.5. The number of carbonyl (C=O) groups excluding carboxylic acids is 4. The van der Waals surface area contributed by atoms with Crippen LogP contribution in [0.5, 0.6) is 0 Å². The Hall–Kier alpha value is -2.84. The van der Waals surface area contributed by atoms with Crippen molar-refractivity contribution in [1.29, 1.82) is 0 Å². The summed E-state index contributed by atoms with van der Waals surface area (Å²) in [6, 6.07) is 13.2. The van der Waals surface area contributed by atoms with Gasteiger partial charge in [0.2, 0.25) is 11.8 Å². The van der Waals surface area contributed by atoms with Gasteiger partial charge in [0.25, 0.3) is 5.91 Å². The maximum Gasteiger partial charge on any atom is 0.339 e. The van der Waals surface area contributed by atoms with Gasteiger partial charge in [0.05, 0.1) is 10.8 Å². The van der Waals surface area contributed by atoms with Crippen LogP contribution in [0.4, 0.5) is 5.69 Å². The van der Waals surface area contributed by atoms with Crippen LogP contribution in [0.3, 0.4) is 0 Å². The highest BCUT2D eigenvalue weighted by Crippen LogP contribution is 2.33. The average Bonchev–Trinajstić information content (AvgIpc) is 2.93. The van der Waals surface area contributed by atoms with Crippen LogP contribution in [0, 0.1) is 0 Å². The number of ether oxygens (including phenoxy) is 1. The number of esters is 1. The molecule has 0 aliphatic carbocycles. The Labute approximate surface area is 176 Å². The molecule has 0 spiro atoms. The molecule has 1 aliphatic rings. The van der Waals surface area contributed by atoms with Gasteiger partial charge in [-0.1, -0.05) is 29.8 Å². The number of rotatable bonds is 6. The summed E-state index contributed by atoms with van der Waals surface area (Å²) in [5.41, 5.74) is 0.714. The summed E-state index contributed by atoms with van der Waals surface area (Å²) < 4.78 is 5.11. The van der Waals surface area contributed by atoms with Crippen molar-refractivity contribution in [3.8, 4) is 0 Å². The van der Waals surface area contributed by atoms with Gasteiger partial charge in [-0.15, -0.1) is 11.8 Å². The molecule has 3 amide bonds. The lowest BCUT2D eigenvalue weighted by Gasteiger charge is -2.12. The molecule has 1 saturated heterocycles. The van der Waals surface area contributed by atoms with Gasteiger partial charge in [0.15, 0.2) is 6.61 Å². The molecule has 9 heteroatoms. The summed E-state index contributed by atoms with van der Waals surface area (Å²) in [5, 5.41) is 2.46. The highest BCUT2D eigenvalue weighted by atomic mass is 35.5. The topological polar surface area (TPSA) is 92.8 Å². The van der Waals surface area contributed by atoms with E-state index in [0.717, 1.165) is 16.7 Å². The molecule has 1 unspecified atom stereocenters. The second-order valence-electron chi connectivity index (χ2n) is 6.23. The van der Waals surface area contributed by atoms with E-state index in [1.165, 1.54) is 7.05 Å². The number of nitrogens with one attached hydrogen (secondary N) is 1. The fourth-order valence-corrected chi connectivity index (χ4v) is 4.09. The molecule has 1 heterocycles. The molecule has 1 fully saturated rings. The summed E-state index contributed by atoms with van der Waals surface area (Å²) in [4.78, 5) is 49.9. The Balaban J connectivity index is 1.62. The molecule has 0 aromatic heterocycles. The van der Waals surface area contributed by atoms with Crippen LogP contribution in [0.2, 0.25) is 5.02 Å². The van der Waals surface area contributed by atoms with Crippen molar-refractivity contribution in [3.63, 3.8) is 0 Å². The summed E-state index contributed by atoms with van der Waals surface area (Å²) in [6.07, 6.45) is 0.0748. The van der Waals surface area contributed by atoms with E-state index in [1.54, 1.807) is 48.5 Å². The third kappa shape index (κ3) is 5.16. The van der Waals surface area contributed by atoms with E-state index < -0.39 is 23.7 Å². The quantitative estimate of drug-likeness (QED) is 0.557. The van der Waals surface area contributed by atoms with Crippen LogP contribution < -0.4 is 5.32 Å². The molecule has 1 atom stereocenters. The van der Waals surface area contributed by atoms with Crippen LogP contribution in [0.1, 0.15) is 16.8 Å². The monoisotopic (exact) mass is 432 g/mol. The Kier molecular flexibility index (Phi) is 6.56. The van der Waals surface area contributed by atoms with E-state index in [1.807, 2.05) is 0 Å². The fourth-order valence-electron chi connectivity index (χ4n) is 2.68. The van der Waals surface area contributed by atoms with Crippen LogP contribution in [0.25, 0.3) is 0 Å². The standard InChI is InChI=1S/C20H17ClN2O5S/c1-23-18(25)10-16(19(23)26)29-15-8-3-2-7-14(15)20(27)28-11-17(24)22-13-6-4-5-12(21)9-13/h2-9,16H,10-11H2,1H3,(H,22,24). The van der Waals surface area contributed by atoms with Gasteiger partial charge >= 0.3 is 5.97 Å². The Bertz CT molecular complexity index is 981. The summed E-state index contributed by atoms with van der Waals surface area (Å²) in [7, 11) is 1.43. The smallest absolute Gasteiger partial charge is 0.339 e. The number of benzene rings is 2. The molecule has 0 saturated carbocycles. The number of thioether (sulfide) groups is 1. The van der Waals surface area contributed by atoms with Crippen LogP contribution >= 0.6 is 23.4 Å². The second kappa shape index (κ2) is 9.11. The molecule has 2 aromatic carbocycles. The van der Waals surface area contributed by atoms with Gasteiger partial charge < -0.3 is 10.1 Å². The summed E-state index contributed by atoms with van der Waals surface area (Å²) in [5.74, 6) is -1.77. The number of carbonyl (C=O) groups is 4. The molecular formula is C20H17ClN2O5S. The minimum Gasteiger partial charge on any atom is -0.452 e. The number of amides is 3. The van der Waals surface area contributed by atoms with Crippen LogP contribution in [-0.2, 0) is 19.1 Å². The van der Waals surface area contributed by atoms with Gasteiger partial charge in [0.1, 0.15) is 0 Å². The Morgan fingerprint density at radius 2 is 1.97 bits per heavy atom. The average molecular weight is 433 g/mol. The van der Waals surface area contributed by atoms with Crippen molar-refractivity contribution in [2.45, 2.75) is 16.6 Å². The van der Waals surface area contributed by atoms with Crippen molar-refractivity contribution < 1.29 is 23.9 Å². The van der Waals surface area contributed by atoms with Crippen molar-refractivity contribution in [3.05, 3.63) is 59.1 Å². The SMILES string of the molecule is CN1C(=O)CC(Sc2ccccc2C(=O)OCC(=O)Nc2cccc(Cl)c2)C1=O. The first kappa shape index (κ1) is 20.9. The first-order valence-electron chi connectivity index (χ1n) is 8.64. The number of halogens is 1. The predicted molar refractivity (Wildman–Crippen MR) is 109 cm³/mol. The zero-order valence-electron chi connectivity index (χ0n) is 15.4. The molecule has 7 nitrogen and oxygen atoms in total. The van der Waals surface area contributed by atoms with E-state index in [2.05, 4.69) is 5.32 Å². The number of likely N-dealkylation sites (tertiary alicyclic amines) is 1. The van der Waals surface area contributed by atoms with Gasteiger partial charge in [-0.25, -0.2) is 4.79 Å². The van der Waals surface area contributed by atoms with Crippen LogP contribution in [0.15, 0.2) is 53.4 Å². The lowest BCUT2D eigenvalue weighted by Crippen LogP contribution is -2.26. The minimum atomic E-state index is -0.695. The molecular weight excluding hydrogens is 416 g/mol. The highest BCUT2D eigenvalue weighted by Gasteiger charge is 2.37. The zero-order chi connectivity index (χ0) is 21.0. The van der Waals surface area contributed by atoms with Crippen LogP contribution in [-0.4, -0.2) is 47.5 Å². The molecule has 0 bridgehead atoms. The van der Waals surface area contributed by atoms with Crippen molar-refractivity contribution in [1.82, 2.24) is 4.90 Å². The Morgan fingerprint density at radius 1 is 1.21 bits per heavy atom. The number of hydrogen-bond acceptors (Lipinski definition) is 6. The summed E-state index contributed by atoms with van der Waals surface area (Å²) >= 11 is 7.00. The molecule has 150 valence electrons. The molecule has 1 N–H and O–H groups in total. The molecule has 29 heavy (non-hydrogen) atoms. The third-order valence-electron chi connectivity index (χ3n) is 4.16. The third-order valence-corrected chi connectivity index (χ3v) is 5.66. The predicted octanol–water partition coefficient (Wildman–Crippen LogP) is 2.98. The molecule has 0 radical (unpaired) electrons. The maximum atomic E-state index is 12.5. The second-order valence-corrected chi connectivity index (χ2v) is 7.91. The van der Waals surface area contributed by atoms with E-state index >= 15 is 0 Å². The number of anilines is 1. The van der Waals surface area contributed by atoms with E-state index in [9.17, 15) is 19.2 Å². The van der Waals surface area contributed by atoms with E-state index in [-0.39, 0.29) is 23.8 Å². The van der Waals surface area contributed by atoms with Gasteiger partial charge in [-0.3, -0.25) is 19.3 Å².